The van der Waals surface area contributed by atoms with E-state index in [4.69, 9.17) is 10.1 Å². The molecule has 7 heteroatoms. The van der Waals surface area contributed by atoms with Gasteiger partial charge < -0.3 is 19.7 Å². The highest BCUT2D eigenvalue weighted by molar-refractivity contribution is 6.23. The molecule has 0 fully saturated rings. The molecule has 1 aromatic heterocycles. The number of halogens is 1. The van der Waals surface area contributed by atoms with Gasteiger partial charge in [-0.15, -0.1) is 0 Å². The summed E-state index contributed by atoms with van der Waals surface area (Å²) in [5.74, 6) is 1.24. The molecule has 6 nitrogen and oxygen atoms in total. The number of nitrogens with zero attached hydrogens (tertiary/aromatic N) is 2. The third-order valence-electron chi connectivity index (χ3n) is 4.69. The second-order valence-corrected chi connectivity index (χ2v) is 6.44. The van der Waals surface area contributed by atoms with Crippen LogP contribution in [0.1, 0.15) is 11.4 Å². The number of H-pyrrole nitrogens is 1. The van der Waals surface area contributed by atoms with Crippen LogP contribution in [0.3, 0.4) is 0 Å². The topological polar surface area (TPSA) is 85.2 Å². The maximum Gasteiger partial charge on any atom is 0.145 e. The molecule has 2 aromatic carbocycles. The summed E-state index contributed by atoms with van der Waals surface area (Å²) in [6.45, 7) is 0.807. The summed E-state index contributed by atoms with van der Waals surface area (Å²) in [6.07, 6.45) is 0.653. The second kappa shape index (κ2) is 6.75. The van der Waals surface area contributed by atoms with Gasteiger partial charge in [0.15, 0.2) is 0 Å². The van der Waals surface area contributed by atoms with E-state index in [1.807, 2.05) is 18.2 Å². The third-order valence-corrected chi connectivity index (χ3v) is 4.69. The van der Waals surface area contributed by atoms with Crippen LogP contribution in [0.15, 0.2) is 48.2 Å². The van der Waals surface area contributed by atoms with E-state index in [1.54, 1.807) is 24.1 Å². The van der Waals surface area contributed by atoms with Gasteiger partial charge in [-0.1, -0.05) is 12.1 Å². The third kappa shape index (κ3) is 3.23. The van der Waals surface area contributed by atoms with Crippen LogP contribution in [0.5, 0.6) is 5.75 Å². The van der Waals surface area contributed by atoms with Crippen LogP contribution in [0.25, 0.3) is 16.6 Å². The van der Waals surface area contributed by atoms with E-state index in [1.165, 1.54) is 12.1 Å². The Hall–Kier alpha value is -3.35. The number of aromatic nitrogens is 2. The van der Waals surface area contributed by atoms with Crippen molar-refractivity contribution in [3.8, 4) is 5.75 Å². The normalized spacial score (nSPS) is 14.4. The molecular weight excluding hydrogens is 347 g/mol. The lowest BCUT2D eigenvalue weighted by molar-refractivity contribution is 0.351. The van der Waals surface area contributed by atoms with Crippen molar-refractivity contribution in [2.75, 3.05) is 20.2 Å². The minimum Gasteiger partial charge on any atom is -0.510 e. The van der Waals surface area contributed by atoms with Crippen LogP contribution in [-0.2, 0) is 6.42 Å². The van der Waals surface area contributed by atoms with Gasteiger partial charge in [-0.2, -0.15) is 0 Å². The number of hydrogen-bond donors (Lipinski definition) is 3. The van der Waals surface area contributed by atoms with Crippen LogP contribution in [0.2, 0.25) is 0 Å². The molecule has 27 heavy (non-hydrogen) atoms. The van der Waals surface area contributed by atoms with Gasteiger partial charge in [0.05, 0.1) is 30.3 Å². The number of nitrogens with one attached hydrogen (secondary N) is 2. The molecule has 0 atom stereocenters. The molecule has 3 aromatic rings. The standard InChI is InChI=1S/C20H19FN4O2/c1-27-14-6-7-15-16(10-14)24-20(23-15)18-17(26)11-25(19(18)22)9-8-12-2-4-13(21)5-3-12/h2-7,10,22,26H,8-9,11H2,1H3,(H,23,24). The van der Waals surface area contributed by atoms with Gasteiger partial charge >= 0.3 is 0 Å². The van der Waals surface area contributed by atoms with Crippen molar-refractivity contribution in [1.29, 1.82) is 5.41 Å². The van der Waals surface area contributed by atoms with Gasteiger partial charge in [-0.25, -0.2) is 9.37 Å². The fraction of sp³-hybridized carbons (Fsp3) is 0.200. The van der Waals surface area contributed by atoms with Crippen LogP contribution < -0.4 is 4.74 Å². The molecule has 2 heterocycles. The first-order valence-electron chi connectivity index (χ1n) is 8.59. The van der Waals surface area contributed by atoms with E-state index in [0.717, 1.165) is 16.6 Å². The van der Waals surface area contributed by atoms with Crippen LogP contribution in [0, 0.1) is 11.2 Å². The number of rotatable bonds is 5. The van der Waals surface area contributed by atoms with E-state index in [9.17, 15) is 9.50 Å². The van der Waals surface area contributed by atoms with Crippen molar-refractivity contribution in [1.82, 2.24) is 14.9 Å². The van der Waals surface area contributed by atoms with Gasteiger partial charge in [-0.3, -0.25) is 5.41 Å². The first-order chi connectivity index (χ1) is 13.0. The Balaban J connectivity index is 1.52. The molecule has 0 bridgehead atoms. The maximum absolute atomic E-state index is 13.0. The minimum absolute atomic E-state index is 0.116. The molecule has 0 amide bonds. The van der Waals surface area contributed by atoms with E-state index in [0.29, 0.717) is 30.1 Å². The monoisotopic (exact) mass is 366 g/mol. The number of imidazole rings is 1. The quantitative estimate of drug-likeness (QED) is 0.645. The van der Waals surface area contributed by atoms with Gasteiger partial charge in [0.1, 0.15) is 29.0 Å². The first kappa shape index (κ1) is 17.1. The Morgan fingerprint density at radius 3 is 2.78 bits per heavy atom. The summed E-state index contributed by atoms with van der Waals surface area (Å²) in [5.41, 5.74) is 2.91. The van der Waals surface area contributed by atoms with Crippen LogP contribution in [0.4, 0.5) is 4.39 Å². The van der Waals surface area contributed by atoms with Crippen LogP contribution in [-0.4, -0.2) is 46.0 Å². The summed E-state index contributed by atoms with van der Waals surface area (Å²) < 4.78 is 18.2. The second-order valence-electron chi connectivity index (χ2n) is 6.44. The highest BCUT2D eigenvalue weighted by Gasteiger charge is 2.30. The Morgan fingerprint density at radius 1 is 1.26 bits per heavy atom. The van der Waals surface area contributed by atoms with Crippen molar-refractivity contribution in [2.24, 2.45) is 0 Å². The highest BCUT2D eigenvalue weighted by Crippen LogP contribution is 2.28. The minimum atomic E-state index is -0.268. The lowest BCUT2D eigenvalue weighted by Gasteiger charge is -2.18. The number of aromatic amines is 1. The number of aliphatic hydroxyl groups is 1. The molecule has 0 saturated carbocycles. The average molecular weight is 366 g/mol. The molecule has 0 aliphatic carbocycles. The van der Waals surface area contributed by atoms with Gasteiger partial charge in [0, 0.05) is 12.6 Å². The molecule has 0 saturated heterocycles. The zero-order chi connectivity index (χ0) is 19.0. The maximum atomic E-state index is 13.0. The summed E-state index contributed by atoms with van der Waals surface area (Å²) in [4.78, 5) is 9.43. The summed E-state index contributed by atoms with van der Waals surface area (Å²) in [5, 5.41) is 18.9. The molecule has 1 aliphatic rings. The lowest BCUT2D eigenvalue weighted by Crippen LogP contribution is -2.29. The zero-order valence-electron chi connectivity index (χ0n) is 14.8. The summed E-state index contributed by atoms with van der Waals surface area (Å²) >= 11 is 0. The number of amidine groups is 1. The molecule has 0 radical (unpaired) electrons. The Labute approximate surface area is 155 Å². The molecule has 4 rings (SSSR count). The number of fused-ring (bicyclic) bond motifs is 1. The SMILES string of the molecule is COc1ccc2nc(C3=C(O)CN(CCc4ccc(F)cc4)C3=N)[nH]c2c1. The predicted octanol–water partition coefficient (Wildman–Crippen LogP) is 3.52. The van der Waals surface area contributed by atoms with Crippen molar-refractivity contribution in [3.05, 3.63) is 65.4 Å². The van der Waals surface area contributed by atoms with Crippen molar-refractivity contribution < 1.29 is 14.2 Å². The van der Waals surface area contributed by atoms with Crippen molar-refractivity contribution >= 4 is 22.4 Å². The number of benzene rings is 2. The number of methoxy groups -OCH3 is 1. The van der Waals surface area contributed by atoms with E-state index in [-0.39, 0.29) is 24.0 Å². The molecule has 138 valence electrons. The Morgan fingerprint density at radius 2 is 2.04 bits per heavy atom. The molecule has 0 spiro atoms. The number of hydrogen-bond acceptors (Lipinski definition) is 4. The molecular formula is C20H19FN4O2. The van der Waals surface area contributed by atoms with Crippen molar-refractivity contribution in [3.63, 3.8) is 0 Å². The van der Waals surface area contributed by atoms with E-state index < -0.39 is 0 Å². The highest BCUT2D eigenvalue weighted by atomic mass is 19.1. The van der Waals surface area contributed by atoms with Crippen LogP contribution >= 0.6 is 0 Å². The number of ether oxygens (including phenoxy) is 1. The van der Waals surface area contributed by atoms with Gasteiger partial charge in [0.2, 0.25) is 0 Å². The summed E-state index contributed by atoms with van der Waals surface area (Å²) in [6, 6.07) is 11.8. The van der Waals surface area contributed by atoms with Gasteiger partial charge in [0.25, 0.3) is 0 Å². The summed E-state index contributed by atoms with van der Waals surface area (Å²) in [7, 11) is 1.60. The molecule has 1 aliphatic heterocycles. The fourth-order valence-electron chi connectivity index (χ4n) is 3.22. The zero-order valence-corrected chi connectivity index (χ0v) is 14.8. The first-order valence-corrected chi connectivity index (χ1v) is 8.59. The predicted molar refractivity (Wildman–Crippen MR) is 102 cm³/mol. The van der Waals surface area contributed by atoms with E-state index in [2.05, 4.69) is 9.97 Å². The molecule has 3 N–H and O–H groups in total. The Bertz CT molecular complexity index is 1040. The van der Waals surface area contributed by atoms with E-state index >= 15 is 0 Å². The lowest BCUT2D eigenvalue weighted by atomic mass is 10.1. The fourth-order valence-corrected chi connectivity index (χ4v) is 3.22. The van der Waals surface area contributed by atoms with Crippen molar-refractivity contribution in [2.45, 2.75) is 6.42 Å². The number of aliphatic hydroxyl groups excluding tert-OH is 1. The Kier molecular flexibility index (Phi) is 4.27. The van der Waals surface area contributed by atoms with Gasteiger partial charge in [-0.05, 0) is 36.2 Å². The largest absolute Gasteiger partial charge is 0.510 e. The molecule has 0 unspecified atom stereocenters. The smallest absolute Gasteiger partial charge is 0.145 e. The average Bonchev–Trinajstić information content (AvgIpc) is 3.20.